The summed E-state index contributed by atoms with van der Waals surface area (Å²) in [5.41, 5.74) is 8.46. The van der Waals surface area contributed by atoms with Gasteiger partial charge in [0, 0.05) is 13.0 Å². The van der Waals surface area contributed by atoms with Crippen molar-refractivity contribution < 1.29 is 4.79 Å². The number of benzene rings is 1. The second-order valence-corrected chi connectivity index (χ2v) is 5.22. The number of Topliss-reactive ketones (excluding diaryl/α,β-unsaturated/α-hetero) is 1. The molecule has 0 unspecified atom stereocenters. The van der Waals surface area contributed by atoms with Gasteiger partial charge in [-0.1, -0.05) is 43.3 Å². The third kappa shape index (κ3) is 3.74. The summed E-state index contributed by atoms with van der Waals surface area (Å²) in [7, 11) is 0. The van der Waals surface area contributed by atoms with Crippen molar-refractivity contribution in [2.24, 2.45) is 5.73 Å². The summed E-state index contributed by atoms with van der Waals surface area (Å²) in [6.07, 6.45) is 2.12. The Morgan fingerprint density at radius 2 is 2.00 bits per heavy atom. The van der Waals surface area contributed by atoms with E-state index in [9.17, 15) is 4.79 Å². The fraction of sp³-hybridized carbons (Fsp3) is 0.400. The topological polar surface area (TPSA) is 73.8 Å². The number of carbonyl (C=O) groups is 1. The molecule has 0 amide bonds. The van der Waals surface area contributed by atoms with Gasteiger partial charge in [0.05, 0.1) is 11.9 Å². The number of ketones is 1. The minimum atomic E-state index is 0.107. The molecular weight excluding hydrogens is 252 g/mol. The third-order valence-electron chi connectivity index (χ3n) is 3.18. The van der Waals surface area contributed by atoms with Gasteiger partial charge in [0.2, 0.25) is 0 Å². The lowest BCUT2D eigenvalue weighted by atomic mass is 10.00. The summed E-state index contributed by atoms with van der Waals surface area (Å²) in [5.74, 6) is 0.611. The van der Waals surface area contributed by atoms with Crippen LogP contribution in [0.15, 0.2) is 30.5 Å². The molecule has 2 N–H and O–H groups in total. The van der Waals surface area contributed by atoms with Crippen molar-refractivity contribution in [1.82, 2.24) is 15.0 Å². The van der Waals surface area contributed by atoms with Crippen molar-refractivity contribution >= 4 is 5.78 Å². The van der Waals surface area contributed by atoms with Gasteiger partial charge in [-0.3, -0.25) is 4.79 Å². The van der Waals surface area contributed by atoms with Gasteiger partial charge in [-0.15, -0.1) is 5.10 Å². The van der Waals surface area contributed by atoms with Crippen LogP contribution in [-0.4, -0.2) is 20.8 Å². The monoisotopic (exact) mass is 272 g/mol. The summed E-state index contributed by atoms with van der Waals surface area (Å²) in [4.78, 5) is 12.0. The fourth-order valence-electron chi connectivity index (χ4n) is 1.99. The van der Waals surface area contributed by atoms with Gasteiger partial charge >= 0.3 is 0 Å². The molecule has 1 heterocycles. The number of carbonyl (C=O) groups excluding carboxylic acids is 1. The number of hydrogen-bond donors (Lipinski definition) is 1. The van der Waals surface area contributed by atoms with Crippen LogP contribution in [0, 0.1) is 0 Å². The Morgan fingerprint density at radius 3 is 2.55 bits per heavy atom. The molecule has 2 rings (SSSR count). The summed E-state index contributed by atoms with van der Waals surface area (Å²) in [6, 6.07) is 8.18. The molecule has 0 bridgehead atoms. The smallest absolute Gasteiger partial charge is 0.158 e. The number of nitrogens with two attached hydrogens (primary N) is 1. The Balaban J connectivity index is 1.93. The van der Waals surface area contributed by atoms with Crippen LogP contribution in [-0.2, 0) is 24.3 Å². The SMILES string of the molecule is CC(C)c1ccc(CC(=O)Cn2cc(CN)nn2)cc1. The zero-order chi connectivity index (χ0) is 14.5. The zero-order valence-electron chi connectivity index (χ0n) is 11.9. The molecule has 0 saturated carbocycles. The van der Waals surface area contributed by atoms with Crippen molar-refractivity contribution in [3.8, 4) is 0 Å². The first-order valence-electron chi connectivity index (χ1n) is 6.78. The predicted molar refractivity (Wildman–Crippen MR) is 77.2 cm³/mol. The second kappa shape index (κ2) is 6.43. The Bertz CT molecular complexity index is 572. The van der Waals surface area contributed by atoms with E-state index in [1.165, 1.54) is 10.2 Å². The molecule has 0 fully saturated rings. The lowest BCUT2D eigenvalue weighted by Gasteiger charge is -2.06. The first kappa shape index (κ1) is 14.4. The summed E-state index contributed by atoms with van der Waals surface area (Å²) in [6.45, 7) is 4.88. The molecule has 0 radical (unpaired) electrons. The first-order chi connectivity index (χ1) is 9.58. The van der Waals surface area contributed by atoms with Crippen molar-refractivity contribution in [3.63, 3.8) is 0 Å². The van der Waals surface area contributed by atoms with Gasteiger partial charge in [-0.05, 0) is 17.0 Å². The normalized spacial score (nSPS) is 11.0. The maximum absolute atomic E-state index is 12.0. The van der Waals surface area contributed by atoms with E-state index in [2.05, 4.69) is 36.3 Å². The van der Waals surface area contributed by atoms with E-state index in [4.69, 9.17) is 5.73 Å². The molecule has 1 aromatic carbocycles. The molecule has 0 aliphatic rings. The Morgan fingerprint density at radius 1 is 1.30 bits per heavy atom. The van der Waals surface area contributed by atoms with Crippen LogP contribution in [0.4, 0.5) is 0 Å². The van der Waals surface area contributed by atoms with E-state index in [-0.39, 0.29) is 12.3 Å². The van der Waals surface area contributed by atoms with E-state index in [1.54, 1.807) is 6.20 Å². The van der Waals surface area contributed by atoms with Gasteiger partial charge in [0.15, 0.2) is 5.78 Å². The van der Waals surface area contributed by atoms with E-state index in [0.29, 0.717) is 24.6 Å². The van der Waals surface area contributed by atoms with Crippen molar-refractivity contribution in [2.45, 2.75) is 39.3 Å². The van der Waals surface area contributed by atoms with Crippen LogP contribution in [0.25, 0.3) is 0 Å². The molecule has 5 heteroatoms. The average Bonchev–Trinajstić information content (AvgIpc) is 2.86. The molecule has 5 nitrogen and oxygen atoms in total. The van der Waals surface area contributed by atoms with Crippen molar-refractivity contribution in [3.05, 3.63) is 47.3 Å². The van der Waals surface area contributed by atoms with E-state index < -0.39 is 0 Å². The van der Waals surface area contributed by atoms with Crippen LogP contribution in [0.1, 0.15) is 36.6 Å². The van der Waals surface area contributed by atoms with Gasteiger partial charge in [0.1, 0.15) is 6.54 Å². The van der Waals surface area contributed by atoms with Crippen molar-refractivity contribution in [2.75, 3.05) is 0 Å². The van der Waals surface area contributed by atoms with E-state index >= 15 is 0 Å². The molecule has 0 aliphatic carbocycles. The summed E-state index contributed by atoms with van der Waals surface area (Å²) in [5, 5.41) is 7.73. The molecule has 0 saturated heterocycles. The Kier molecular flexibility index (Phi) is 4.63. The molecule has 106 valence electrons. The first-order valence-corrected chi connectivity index (χ1v) is 6.78. The molecule has 20 heavy (non-hydrogen) atoms. The van der Waals surface area contributed by atoms with Crippen LogP contribution < -0.4 is 5.73 Å². The highest BCUT2D eigenvalue weighted by molar-refractivity contribution is 5.80. The van der Waals surface area contributed by atoms with Crippen LogP contribution >= 0.6 is 0 Å². The number of aromatic nitrogens is 3. The van der Waals surface area contributed by atoms with E-state index in [1.807, 2.05) is 12.1 Å². The molecule has 0 aliphatic heterocycles. The highest BCUT2D eigenvalue weighted by Crippen LogP contribution is 2.15. The van der Waals surface area contributed by atoms with Crippen LogP contribution in [0.5, 0.6) is 0 Å². The minimum absolute atomic E-state index is 0.107. The Labute approximate surface area is 118 Å². The van der Waals surface area contributed by atoms with Gasteiger partial charge in [-0.2, -0.15) is 0 Å². The fourth-order valence-corrected chi connectivity index (χ4v) is 1.99. The Hall–Kier alpha value is -2.01. The molecule has 0 spiro atoms. The lowest BCUT2D eigenvalue weighted by molar-refractivity contribution is -0.119. The largest absolute Gasteiger partial charge is 0.325 e. The number of nitrogens with zero attached hydrogens (tertiary/aromatic N) is 3. The maximum atomic E-state index is 12.0. The quantitative estimate of drug-likeness (QED) is 0.868. The maximum Gasteiger partial charge on any atom is 0.158 e. The second-order valence-electron chi connectivity index (χ2n) is 5.22. The van der Waals surface area contributed by atoms with Crippen LogP contribution in [0.2, 0.25) is 0 Å². The molecular formula is C15H20N4O. The number of hydrogen-bond acceptors (Lipinski definition) is 4. The third-order valence-corrected chi connectivity index (χ3v) is 3.18. The highest BCUT2D eigenvalue weighted by atomic mass is 16.1. The average molecular weight is 272 g/mol. The molecule has 0 atom stereocenters. The highest BCUT2D eigenvalue weighted by Gasteiger charge is 2.07. The molecule has 1 aromatic heterocycles. The van der Waals surface area contributed by atoms with Crippen LogP contribution in [0.3, 0.4) is 0 Å². The summed E-state index contributed by atoms with van der Waals surface area (Å²) >= 11 is 0. The lowest BCUT2D eigenvalue weighted by Crippen LogP contribution is -2.13. The van der Waals surface area contributed by atoms with Gasteiger partial charge < -0.3 is 5.73 Å². The minimum Gasteiger partial charge on any atom is -0.325 e. The predicted octanol–water partition coefficient (Wildman–Crippen LogP) is 1.67. The molecule has 2 aromatic rings. The van der Waals surface area contributed by atoms with Crippen molar-refractivity contribution in [1.29, 1.82) is 0 Å². The standard InChI is InChI=1S/C15H20N4O/c1-11(2)13-5-3-12(4-6-13)7-15(20)10-19-9-14(8-16)17-18-19/h3-6,9,11H,7-8,10,16H2,1-2H3. The van der Waals surface area contributed by atoms with Gasteiger partial charge in [0.25, 0.3) is 0 Å². The van der Waals surface area contributed by atoms with Gasteiger partial charge in [-0.25, -0.2) is 4.68 Å². The van der Waals surface area contributed by atoms with E-state index in [0.717, 1.165) is 5.56 Å². The summed E-state index contributed by atoms with van der Waals surface area (Å²) < 4.78 is 1.53. The zero-order valence-corrected chi connectivity index (χ0v) is 11.9. The number of rotatable bonds is 6.